The highest BCUT2D eigenvalue weighted by molar-refractivity contribution is 7.99. The summed E-state index contributed by atoms with van der Waals surface area (Å²) in [6.07, 6.45) is 5.01. The summed E-state index contributed by atoms with van der Waals surface area (Å²) >= 11 is 1.72. The summed E-state index contributed by atoms with van der Waals surface area (Å²) in [7, 11) is -3.57. The SMILES string of the molecule is CSC1CCCC1NS(=O)(=O)c1c(C)nn(CCO)c1C. The van der Waals surface area contributed by atoms with Crippen molar-refractivity contribution in [1.82, 2.24) is 14.5 Å². The first-order valence-electron chi connectivity index (χ1n) is 7.10. The minimum atomic E-state index is -3.57. The fraction of sp³-hybridized carbons (Fsp3) is 0.769. The van der Waals surface area contributed by atoms with Crippen LogP contribution in [0, 0.1) is 13.8 Å². The zero-order chi connectivity index (χ0) is 15.6. The fourth-order valence-electron chi connectivity index (χ4n) is 2.98. The summed E-state index contributed by atoms with van der Waals surface area (Å²) in [5, 5.41) is 13.6. The van der Waals surface area contributed by atoms with Gasteiger partial charge >= 0.3 is 0 Å². The average Bonchev–Trinajstić information content (AvgIpc) is 2.94. The van der Waals surface area contributed by atoms with E-state index in [0.717, 1.165) is 19.3 Å². The Balaban J connectivity index is 2.27. The van der Waals surface area contributed by atoms with E-state index in [4.69, 9.17) is 5.11 Å². The van der Waals surface area contributed by atoms with E-state index in [0.29, 0.717) is 23.2 Å². The number of hydrogen-bond donors (Lipinski definition) is 2. The van der Waals surface area contributed by atoms with Crippen LogP contribution < -0.4 is 4.72 Å². The lowest BCUT2D eigenvalue weighted by Gasteiger charge is -2.19. The minimum Gasteiger partial charge on any atom is -0.394 e. The van der Waals surface area contributed by atoms with Crippen LogP contribution in [0.1, 0.15) is 30.7 Å². The molecule has 21 heavy (non-hydrogen) atoms. The molecule has 2 rings (SSSR count). The molecule has 1 aliphatic carbocycles. The van der Waals surface area contributed by atoms with E-state index < -0.39 is 10.0 Å². The van der Waals surface area contributed by atoms with Crippen LogP contribution in [0.3, 0.4) is 0 Å². The molecule has 2 N–H and O–H groups in total. The maximum absolute atomic E-state index is 12.7. The summed E-state index contributed by atoms with van der Waals surface area (Å²) in [6.45, 7) is 3.66. The number of aliphatic hydroxyl groups is 1. The molecular formula is C13H23N3O3S2. The van der Waals surface area contributed by atoms with Crippen LogP contribution in [-0.4, -0.2) is 47.5 Å². The van der Waals surface area contributed by atoms with E-state index in [1.165, 1.54) is 0 Å². The van der Waals surface area contributed by atoms with Crippen LogP contribution in [0.5, 0.6) is 0 Å². The van der Waals surface area contributed by atoms with Crippen LogP contribution in [0.2, 0.25) is 0 Å². The topological polar surface area (TPSA) is 84.2 Å². The molecule has 1 saturated carbocycles. The van der Waals surface area contributed by atoms with E-state index in [1.807, 2.05) is 6.26 Å². The van der Waals surface area contributed by atoms with E-state index in [1.54, 1.807) is 30.3 Å². The van der Waals surface area contributed by atoms with Crippen LogP contribution in [0.4, 0.5) is 0 Å². The highest BCUT2D eigenvalue weighted by Gasteiger charge is 2.33. The number of hydrogen-bond acceptors (Lipinski definition) is 5. The summed E-state index contributed by atoms with van der Waals surface area (Å²) in [4.78, 5) is 0.253. The molecule has 0 aromatic carbocycles. The summed E-state index contributed by atoms with van der Waals surface area (Å²) < 4.78 is 29.7. The predicted molar refractivity (Wildman–Crippen MR) is 84.1 cm³/mol. The Labute approximate surface area is 130 Å². The molecule has 0 spiro atoms. The number of rotatable bonds is 6. The molecule has 1 heterocycles. The van der Waals surface area contributed by atoms with E-state index >= 15 is 0 Å². The van der Waals surface area contributed by atoms with Crippen LogP contribution in [0.15, 0.2) is 4.90 Å². The van der Waals surface area contributed by atoms with Crippen molar-refractivity contribution in [1.29, 1.82) is 0 Å². The van der Waals surface area contributed by atoms with Crippen LogP contribution in [-0.2, 0) is 16.6 Å². The monoisotopic (exact) mass is 333 g/mol. The maximum atomic E-state index is 12.7. The van der Waals surface area contributed by atoms with E-state index in [-0.39, 0.29) is 17.5 Å². The normalized spacial score (nSPS) is 22.9. The quantitative estimate of drug-likeness (QED) is 0.813. The Morgan fingerprint density at radius 3 is 2.76 bits per heavy atom. The Hall–Kier alpha value is -0.570. The Morgan fingerprint density at radius 2 is 2.14 bits per heavy atom. The maximum Gasteiger partial charge on any atom is 0.244 e. The first kappa shape index (κ1) is 16.8. The molecule has 1 aromatic heterocycles. The van der Waals surface area contributed by atoms with Crippen molar-refractivity contribution < 1.29 is 13.5 Å². The van der Waals surface area contributed by atoms with Crippen LogP contribution >= 0.6 is 11.8 Å². The third kappa shape index (κ3) is 3.44. The van der Waals surface area contributed by atoms with Crippen molar-refractivity contribution in [2.45, 2.75) is 55.8 Å². The van der Waals surface area contributed by atoms with Gasteiger partial charge in [0.25, 0.3) is 0 Å². The summed E-state index contributed by atoms with van der Waals surface area (Å²) in [6, 6.07) is -0.00927. The van der Waals surface area contributed by atoms with Crippen molar-refractivity contribution in [2.75, 3.05) is 12.9 Å². The van der Waals surface area contributed by atoms with Crippen molar-refractivity contribution in [3.8, 4) is 0 Å². The number of aliphatic hydroxyl groups excluding tert-OH is 1. The zero-order valence-electron chi connectivity index (χ0n) is 12.7. The lowest BCUT2D eigenvalue weighted by Crippen LogP contribution is -2.39. The smallest absolute Gasteiger partial charge is 0.244 e. The lowest BCUT2D eigenvalue weighted by atomic mass is 10.3. The number of aromatic nitrogens is 2. The average molecular weight is 333 g/mol. The minimum absolute atomic E-state index is 0.00927. The molecular weight excluding hydrogens is 310 g/mol. The van der Waals surface area contributed by atoms with E-state index in [9.17, 15) is 8.42 Å². The second-order valence-electron chi connectivity index (χ2n) is 5.38. The van der Waals surface area contributed by atoms with Crippen molar-refractivity contribution in [3.05, 3.63) is 11.4 Å². The molecule has 0 radical (unpaired) electrons. The second kappa shape index (κ2) is 6.68. The first-order valence-corrected chi connectivity index (χ1v) is 9.87. The van der Waals surface area contributed by atoms with Gasteiger partial charge in [-0.15, -0.1) is 0 Å². The summed E-state index contributed by atoms with van der Waals surface area (Å²) in [5.74, 6) is 0. The number of thioether (sulfide) groups is 1. The lowest BCUT2D eigenvalue weighted by molar-refractivity contribution is 0.267. The second-order valence-corrected chi connectivity index (χ2v) is 8.11. The number of sulfonamides is 1. The van der Waals surface area contributed by atoms with Gasteiger partial charge in [0, 0.05) is 11.3 Å². The number of aryl methyl sites for hydroxylation is 1. The third-order valence-electron chi connectivity index (χ3n) is 3.96. The zero-order valence-corrected chi connectivity index (χ0v) is 14.3. The van der Waals surface area contributed by atoms with Gasteiger partial charge in [0.05, 0.1) is 24.5 Å². The molecule has 1 fully saturated rings. The summed E-state index contributed by atoms with van der Waals surface area (Å²) in [5.41, 5.74) is 1.06. The first-order chi connectivity index (χ1) is 9.90. The Bertz CT molecular complexity index is 598. The van der Waals surface area contributed by atoms with Gasteiger partial charge in [0.1, 0.15) is 4.90 Å². The molecule has 6 nitrogen and oxygen atoms in total. The molecule has 8 heteroatoms. The van der Waals surface area contributed by atoms with Gasteiger partial charge in [-0.05, 0) is 32.9 Å². The Morgan fingerprint density at radius 1 is 1.43 bits per heavy atom. The van der Waals surface area contributed by atoms with Crippen molar-refractivity contribution in [3.63, 3.8) is 0 Å². The molecule has 0 saturated heterocycles. The van der Waals surface area contributed by atoms with Gasteiger partial charge in [-0.25, -0.2) is 13.1 Å². The molecule has 120 valence electrons. The molecule has 1 aliphatic rings. The number of nitrogens with one attached hydrogen (secondary N) is 1. The molecule has 0 aliphatic heterocycles. The molecule has 2 unspecified atom stereocenters. The predicted octanol–water partition coefficient (Wildman–Crippen LogP) is 1.05. The highest BCUT2D eigenvalue weighted by atomic mass is 32.2. The third-order valence-corrected chi connectivity index (χ3v) is 6.87. The molecule has 1 aromatic rings. The highest BCUT2D eigenvalue weighted by Crippen LogP contribution is 2.30. The number of nitrogens with zero attached hydrogens (tertiary/aromatic N) is 2. The molecule has 0 bridgehead atoms. The van der Waals surface area contributed by atoms with Crippen LogP contribution in [0.25, 0.3) is 0 Å². The fourth-order valence-corrected chi connectivity index (χ4v) is 5.73. The van der Waals surface area contributed by atoms with Gasteiger partial charge in [-0.1, -0.05) is 6.42 Å². The Kier molecular flexibility index (Phi) is 5.34. The molecule has 2 atom stereocenters. The van der Waals surface area contributed by atoms with Gasteiger partial charge in [-0.3, -0.25) is 4.68 Å². The van der Waals surface area contributed by atoms with Gasteiger partial charge in [-0.2, -0.15) is 16.9 Å². The van der Waals surface area contributed by atoms with Crippen molar-refractivity contribution in [2.24, 2.45) is 0 Å². The standard InChI is InChI=1S/C13H23N3O3S2/c1-9-13(10(2)16(14-9)7-8-17)21(18,19)15-11-5-4-6-12(11)20-3/h11-12,15,17H,4-8H2,1-3H3. The largest absolute Gasteiger partial charge is 0.394 e. The van der Waals surface area contributed by atoms with Gasteiger partial charge in [0.2, 0.25) is 10.0 Å². The van der Waals surface area contributed by atoms with Crippen molar-refractivity contribution >= 4 is 21.8 Å². The van der Waals surface area contributed by atoms with Gasteiger partial charge in [0.15, 0.2) is 0 Å². The van der Waals surface area contributed by atoms with E-state index in [2.05, 4.69) is 9.82 Å². The van der Waals surface area contributed by atoms with Gasteiger partial charge < -0.3 is 5.11 Å². The molecule has 0 amide bonds.